The molecule has 0 atom stereocenters. The highest BCUT2D eigenvalue weighted by molar-refractivity contribution is 7.90. The second-order valence-corrected chi connectivity index (χ2v) is 8.12. The molecule has 1 aliphatic carbocycles. The zero-order valence-corrected chi connectivity index (χ0v) is 15.6. The zero-order valence-electron chi connectivity index (χ0n) is 14.8. The SMILES string of the molecule is CON(Cc1ccc(F)cc1)C(=O)CC(=O)C(=O)NS(=O)(=O)CC1CCC1. The summed E-state index contributed by atoms with van der Waals surface area (Å²) in [6.07, 6.45) is 1.64. The molecular weight excluding hydrogens is 379 g/mol. The summed E-state index contributed by atoms with van der Waals surface area (Å²) in [6.45, 7) is -0.0650. The van der Waals surface area contributed by atoms with Gasteiger partial charge in [0, 0.05) is 0 Å². The van der Waals surface area contributed by atoms with Gasteiger partial charge >= 0.3 is 5.91 Å². The van der Waals surface area contributed by atoms with E-state index >= 15 is 0 Å². The highest BCUT2D eigenvalue weighted by Gasteiger charge is 2.29. The maximum absolute atomic E-state index is 12.9. The Morgan fingerprint density at radius 1 is 1.22 bits per heavy atom. The third-order valence-electron chi connectivity index (χ3n) is 4.23. The summed E-state index contributed by atoms with van der Waals surface area (Å²) in [5.74, 6) is -4.01. The Labute approximate surface area is 156 Å². The quantitative estimate of drug-likeness (QED) is 0.375. The van der Waals surface area contributed by atoms with Crippen LogP contribution < -0.4 is 4.72 Å². The Bertz CT molecular complexity index is 805. The number of hydroxylamine groups is 2. The lowest BCUT2D eigenvalue weighted by Crippen LogP contribution is -2.41. The maximum atomic E-state index is 12.9. The van der Waals surface area contributed by atoms with Crippen LogP contribution in [-0.2, 0) is 35.8 Å². The Hall–Kier alpha value is -2.33. The number of hydrogen-bond donors (Lipinski definition) is 1. The molecule has 0 spiro atoms. The number of carbonyl (C=O) groups excluding carboxylic acids is 3. The largest absolute Gasteiger partial charge is 0.301 e. The molecule has 10 heteroatoms. The summed E-state index contributed by atoms with van der Waals surface area (Å²) in [5, 5.41) is 0.835. The highest BCUT2D eigenvalue weighted by Crippen LogP contribution is 2.27. The summed E-state index contributed by atoms with van der Waals surface area (Å²) in [4.78, 5) is 40.7. The fourth-order valence-electron chi connectivity index (χ4n) is 2.53. The molecule has 1 aromatic carbocycles. The first kappa shape index (κ1) is 21.0. The number of benzene rings is 1. The van der Waals surface area contributed by atoms with Gasteiger partial charge in [-0.25, -0.2) is 22.6 Å². The van der Waals surface area contributed by atoms with E-state index in [0.29, 0.717) is 5.56 Å². The van der Waals surface area contributed by atoms with Crippen LogP contribution in [0.25, 0.3) is 0 Å². The molecule has 8 nitrogen and oxygen atoms in total. The van der Waals surface area contributed by atoms with E-state index in [1.807, 2.05) is 0 Å². The van der Waals surface area contributed by atoms with E-state index in [-0.39, 0.29) is 18.2 Å². The number of sulfonamides is 1. The minimum atomic E-state index is -3.91. The molecule has 27 heavy (non-hydrogen) atoms. The van der Waals surface area contributed by atoms with Gasteiger partial charge in [0.25, 0.3) is 5.91 Å². The summed E-state index contributed by atoms with van der Waals surface area (Å²) < 4.78 is 38.3. The first-order valence-corrected chi connectivity index (χ1v) is 10.0. The molecule has 1 saturated carbocycles. The number of hydrogen-bond acceptors (Lipinski definition) is 6. The molecule has 1 fully saturated rings. The molecule has 2 amide bonds. The van der Waals surface area contributed by atoms with Crippen molar-refractivity contribution in [1.29, 1.82) is 0 Å². The predicted octanol–water partition coefficient (Wildman–Crippen LogP) is 0.921. The van der Waals surface area contributed by atoms with Crippen molar-refractivity contribution < 1.29 is 32.0 Å². The lowest BCUT2D eigenvalue weighted by atomic mass is 9.87. The van der Waals surface area contributed by atoms with Crippen LogP contribution in [0.1, 0.15) is 31.2 Å². The van der Waals surface area contributed by atoms with E-state index in [1.165, 1.54) is 31.4 Å². The van der Waals surface area contributed by atoms with E-state index in [4.69, 9.17) is 4.84 Å². The molecule has 0 aliphatic heterocycles. The van der Waals surface area contributed by atoms with Crippen molar-refractivity contribution in [2.45, 2.75) is 32.2 Å². The van der Waals surface area contributed by atoms with Gasteiger partial charge in [0.15, 0.2) is 0 Å². The van der Waals surface area contributed by atoms with Crippen LogP contribution in [0, 0.1) is 11.7 Å². The molecule has 0 bridgehead atoms. The van der Waals surface area contributed by atoms with Gasteiger partial charge < -0.3 is 0 Å². The number of Topliss-reactive ketones (excluding diaryl/α,β-unsaturated/α-hetero) is 1. The lowest BCUT2D eigenvalue weighted by molar-refractivity contribution is -0.180. The van der Waals surface area contributed by atoms with E-state index in [9.17, 15) is 27.2 Å². The third kappa shape index (κ3) is 6.40. The summed E-state index contributed by atoms with van der Waals surface area (Å²) >= 11 is 0. The van der Waals surface area contributed by atoms with E-state index < -0.39 is 39.9 Å². The standard InChI is InChI=1S/C17H21FN2O6S/c1-26-20(10-12-5-7-14(18)8-6-12)16(22)9-15(21)17(23)19-27(24,25)11-13-3-2-4-13/h5-8,13H,2-4,9-11H2,1H3,(H,19,23). The summed E-state index contributed by atoms with van der Waals surface area (Å²) in [7, 11) is -2.71. The number of ketones is 1. The van der Waals surface area contributed by atoms with E-state index in [2.05, 4.69) is 0 Å². The van der Waals surface area contributed by atoms with Gasteiger partial charge in [-0.2, -0.15) is 0 Å². The van der Waals surface area contributed by atoms with Crippen LogP contribution in [-0.4, -0.2) is 43.9 Å². The minimum absolute atomic E-state index is 0.00766. The predicted molar refractivity (Wildman–Crippen MR) is 92.9 cm³/mol. The van der Waals surface area contributed by atoms with Crippen LogP contribution in [0.15, 0.2) is 24.3 Å². The van der Waals surface area contributed by atoms with Crippen LogP contribution >= 0.6 is 0 Å². The second-order valence-electron chi connectivity index (χ2n) is 6.35. The number of amides is 2. The summed E-state index contributed by atoms with van der Waals surface area (Å²) in [6, 6.07) is 5.30. The van der Waals surface area contributed by atoms with E-state index in [1.54, 1.807) is 4.72 Å². The van der Waals surface area contributed by atoms with Crippen LogP contribution in [0.3, 0.4) is 0 Å². The molecular formula is C17H21FN2O6S. The second kappa shape index (κ2) is 9.05. The fraction of sp³-hybridized carbons (Fsp3) is 0.471. The van der Waals surface area contributed by atoms with Gasteiger partial charge in [0.05, 0.1) is 25.8 Å². The molecule has 0 unspecified atom stereocenters. The van der Waals surface area contributed by atoms with Crippen LogP contribution in [0.2, 0.25) is 0 Å². The number of carbonyl (C=O) groups is 3. The molecule has 0 heterocycles. The van der Waals surface area contributed by atoms with Gasteiger partial charge in [-0.05, 0) is 36.5 Å². The molecule has 0 saturated heterocycles. The number of rotatable bonds is 9. The van der Waals surface area contributed by atoms with Crippen molar-refractivity contribution in [1.82, 2.24) is 9.79 Å². The van der Waals surface area contributed by atoms with Gasteiger partial charge in [0.2, 0.25) is 15.8 Å². The van der Waals surface area contributed by atoms with Crippen molar-refractivity contribution in [2.24, 2.45) is 5.92 Å². The van der Waals surface area contributed by atoms with Crippen molar-refractivity contribution in [2.75, 3.05) is 12.9 Å². The average Bonchev–Trinajstić information content (AvgIpc) is 2.57. The van der Waals surface area contributed by atoms with Crippen molar-refractivity contribution in [3.05, 3.63) is 35.6 Å². The van der Waals surface area contributed by atoms with Gasteiger partial charge in [-0.3, -0.25) is 19.2 Å². The Morgan fingerprint density at radius 2 is 1.85 bits per heavy atom. The van der Waals surface area contributed by atoms with Crippen molar-refractivity contribution in [3.8, 4) is 0 Å². The Balaban J connectivity index is 1.88. The topological polar surface area (TPSA) is 110 Å². The van der Waals surface area contributed by atoms with E-state index in [0.717, 1.165) is 24.3 Å². The fourth-order valence-corrected chi connectivity index (χ4v) is 3.96. The van der Waals surface area contributed by atoms with Crippen molar-refractivity contribution in [3.63, 3.8) is 0 Å². The first-order valence-electron chi connectivity index (χ1n) is 8.36. The third-order valence-corrected chi connectivity index (χ3v) is 5.64. The van der Waals surface area contributed by atoms with Gasteiger partial charge in [-0.1, -0.05) is 18.6 Å². The molecule has 2 rings (SSSR count). The molecule has 1 N–H and O–H groups in total. The maximum Gasteiger partial charge on any atom is 0.301 e. The molecule has 0 aromatic heterocycles. The van der Waals surface area contributed by atoms with Gasteiger partial charge in [0.1, 0.15) is 5.82 Å². The minimum Gasteiger partial charge on any atom is -0.288 e. The van der Waals surface area contributed by atoms with Gasteiger partial charge in [-0.15, -0.1) is 0 Å². The molecule has 1 aromatic rings. The zero-order chi connectivity index (χ0) is 20.0. The molecule has 148 valence electrons. The smallest absolute Gasteiger partial charge is 0.288 e. The van der Waals surface area contributed by atoms with Crippen LogP contribution in [0.4, 0.5) is 4.39 Å². The number of nitrogens with zero attached hydrogens (tertiary/aromatic N) is 1. The summed E-state index contributed by atoms with van der Waals surface area (Å²) in [5.41, 5.74) is 0.548. The monoisotopic (exact) mass is 400 g/mol. The number of halogens is 1. The van der Waals surface area contributed by atoms with Crippen LogP contribution in [0.5, 0.6) is 0 Å². The number of nitrogens with one attached hydrogen (secondary N) is 1. The Morgan fingerprint density at radius 3 is 2.37 bits per heavy atom. The first-order chi connectivity index (χ1) is 12.7. The average molecular weight is 400 g/mol. The molecule has 0 radical (unpaired) electrons. The normalized spacial score (nSPS) is 14.3. The Kier molecular flexibility index (Phi) is 7.03. The molecule has 1 aliphatic rings. The lowest BCUT2D eigenvalue weighted by Gasteiger charge is -2.24. The highest BCUT2D eigenvalue weighted by atomic mass is 32.2. The van der Waals surface area contributed by atoms with Crippen molar-refractivity contribution >= 4 is 27.6 Å².